The molecular formula is C19H27N3O4. The van der Waals surface area contributed by atoms with E-state index in [0.717, 1.165) is 12.8 Å². The first-order chi connectivity index (χ1) is 12.5. The summed E-state index contributed by atoms with van der Waals surface area (Å²) in [6.07, 6.45) is 2.46. The topological polar surface area (TPSA) is 79.0 Å². The molecule has 0 spiro atoms. The first kappa shape index (κ1) is 19.8. The van der Waals surface area contributed by atoms with Crippen molar-refractivity contribution in [1.29, 1.82) is 0 Å². The molecule has 0 radical (unpaired) electrons. The maximum Gasteiger partial charge on any atom is 0.257 e. The number of ether oxygens (including phenoxy) is 1. The van der Waals surface area contributed by atoms with Gasteiger partial charge in [0.25, 0.3) is 5.91 Å². The van der Waals surface area contributed by atoms with E-state index in [1.807, 2.05) is 4.90 Å². The minimum atomic E-state index is -0.201. The molecule has 7 nitrogen and oxygen atoms in total. The molecule has 0 aromatic heterocycles. The van der Waals surface area contributed by atoms with Crippen LogP contribution in [0.5, 0.6) is 5.75 Å². The second-order valence-electron chi connectivity index (χ2n) is 6.37. The van der Waals surface area contributed by atoms with Crippen LogP contribution in [0.15, 0.2) is 18.2 Å². The first-order valence-corrected chi connectivity index (χ1v) is 8.99. The third kappa shape index (κ3) is 4.97. The molecule has 0 saturated carbocycles. The summed E-state index contributed by atoms with van der Waals surface area (Å²) in [6, 6.07) is 4.99. The number of methoxy groups -OCH3 is 1. The normalized spacial score (nSPS) is 14.1. The largest absolute Gasteiger partial charge is 0.496 e. The second-order valence-corrected chi connectivity index (χ2v) is 6.37. The summed E-state index contributed by atoms with van der Waals surface area (Å²) in [5.41, 5.74) is 0.958. The minimum absolute atomic E-state index is 0.157. The first-order valence-electron chi connectivity index (χ1n) is 8.99. The fourth-order valence-electron chi connectivity index (χ4n) is 2.97. The van der Waals surface area contributed by atoms with Crippen molar-refractivity contribution in [2.75, 3.05) is 38.6 Å². The molecule has 7 heteroatoms. The van der Waals surface area contributed by atoms with Crippen LogP contribution in [0.3, 0.4) is 0 Å². The van der Waals surface area contributed by atoms with Crippen molar-refractivity contribution in [2.24, 2.45) is 0 Å². The van der Waals surface area contributed by atoms with E-state index in [2.05, 4.69) is 12.2 Å². The molecule has 26 heavy (non-hydrogen) atoms. The molecule has 1 aliphatic rings. The fourth-order valence-corrected chi connectivity index (χ4v) is 2.97. The summed E-state index contributed by atoms with van der Waals surface area (Å²) in [6.45, 7) is 5.55. The summed E-state index contributed by atoms with van der Waals surface area (Å²) < 4.78 is 5.30. The molecule has 0 atom stereocenters. The summed E-state index contributed by atoms with van der Waals surface area (Å²) in [7, 11) is 1.51. The molecule has 1 aromatic rings. The van der Waals surface area contributed by atoms with Gasteiger partial charge >= 0.3 is 0 Å². The van der Waals surface area contributed by atoms with Crippen LogP contribution in [0.4, 0.5) is 5.69 Å². The number of hydrogen-bond acceptors (Lipinski definition) is 4. The molecule has 1 saturated heterocycles. The van der Waals surface area contributed by atoms with Gasteiger partial charge in [-0.1, -0.05) is 13.3 Å². The smallest absolute Gasteiger partial charge is 0.257 e. The Kier molecular flexibility index (Phi) is 7.00. The van der Waals surface area contributed by atoms with Crippen LogP contribution in [0.25, 0.3) is 0 Å². The van der Waals surface area contributed by atoms with Gasteiger partial charge in [0.1, 0.15) is 5.75 Å². The Labute approximate surface area is 154 Å². The van der Waals surface area contributed by atoms with Crippen molar-refractivity contribution in [2.45, 2.75) is 33.1 Å². The van der Waals surface area contributed by atoms with E-state index in [0.29, 0.717) is 49.6 Å². The Balaban J connectivity index is 2.05. The lowest BCUT2D eigenvalue weighted by Crippen LogP contribution is -2.50. The number of benzene rings is 1. The van der Waals surface area contributed by atoms with Crippen LogP contribution in [0.2, 0.25) is 0 Å². The van der Waals surface area contributed by atoms with E-state index in [1.165, 1.54) is 14.0 Å². The number of anilines is 1. The van der Waals surface area contributed by atoms with Gasteiger partial charge in [0, 0.05) is 45.2 Å². The Hall–Kier alpha value is -2.57. The quantitative estimate of drug-likeness (QED) is 0.842. The highest BCUT2D eigenvalue weighted by atomic mass is 16.5. The van der Waals surface area contributed by atoms with E-state index in [1.54, 1.807) is 23.1 Å². The lowest BCUT2D eigenvalue weighted by molar-refractivity contribution is -0.132. The van der Waals surface area contributed by atoms with Gasteiger partial charge < -0.3 is 19.9 Å². The van der Waals surface area contributed by atoms with Gasteiger partial charge in [0.2, 0.25) is 11.8 Å². The number of hydrogen-bond donors (Lipinski definition) is 1. The van der Waals surface area contributed by atoms with Crippen LogP contribution < -0.4 is 10.1 Å². The standard InChI is InChI=1S/C19H27N3O4/c1-4-5-6-18(24)21-9-11-22(12-10-21)19(25)16-13-15(20-14(2)23)7-8-17(16)26-3/h7-8,13H,4-6,9-12H2,1-3H3,(H,20,23). The number of piperazine rings is 1. The number of carbonyl (C=O) groups excluding carboxylic acids is 3. The highest BCUT2D eigenvalue weighted by Crippen LogP contribution is 2.25. The second kappa shape index (κ2) is 9.22. The molecule has 2 rings (SSSR count). The van der Waals surface area contributed by atoms with Crippen molar-refractivity contribution in [3.63, 3.8) is 0 Å². The van der Waals surface area contributed by atoms with Crippen molar-refractivity contribution < 1.29 is 19.1 Å². The Morgan fingerprint density at radius 1 is 1.12 bits per heavy atom. The number of amides is 3. The van der Waals surface area contributed by atoms with E-state index in [4.69, 9.17) is 4.74 Å². The predicted octanol–water partition coefficient (Wildman–Crippen LogP) is 2.13. The van der Waals surface area contributed by atoms with Gasteiger partial charge in [0.05, 0.1) is 12.7 Å². The van der Waals surface area contributed by atoms with E-state index >= 15 is 0 Å². The summed E-state index contributed by atoms with van der Waals surface area (Å²) >= 11 is 0. The third-order valence-electron chi connectivity index (χ3n) is 4.41. The van der Waals surface area contributed by atoms with Crippen molar-refractivity contribution in [3.05, 3.63) is 23.8 Å². The molecule has 0 aliphatic carbocycles. The van der Waals surface area contributed by atoms with Gasteiger partial charge in [-0.15, -0.1) is 0 Å². The van der Waals surface area contributed by atoms with Crippen molar-refractivity contribution in [3.8, 4) is 5.75 Å². The molecule has 1 N–H and O–H groups in total. The van der Waals surface area contributed by atoms with Gasteiger partial charge in [-0.3, -0.25) is 14.4 Å². The highest BCUT2D eigenvalue weighted by molar-refractivity contribution is 5.99. The average molecular weight is 361 g/mol. The monoisotopic (exact) mass is 361 g/mol. The Bertz CT molecular complexity index is 667. The van der Waals surface area contributed by atoms with Crippen LogP contribution in [-0.4, -0.2) is 60.8 Å². The van der Waals surface area contributed by atoms with Gasteiger partial charge in [0.15, 0.2) is 0 Å². The molecule has 1 fully saturated rings. The minimum Gasteiger partial charge on any atom is -0.496 e. The molecule has 0 bridgehead atoms. The lowest BCUT2D eigenvalue weighted by atomic mass is 10.1. The maximum absolute atomic E-state index is 12.9. The number of unbranched alkanes of at least 4 members (excludes halogenated alkanes) is 1. The van der Waals surface area contributed by atoms with Crippen LogP contribution in [0, 0.1) is 0 Å². The Morgan fingerprint density at radius 3 is 2.35 bits per heavy atom. The molecule has 142 valence electrons. The number of carbonyl (C=O) groups is 3. The highest BCUT2D eigenvalue weighted by Gasteiger charge is 2.26. The SMILES string of the molecule is CCCCC(=O)N1CCN(C(=O)c2cc(NC(C)=O)ccc2OC)CC1. The average Bonchev–Trinajstić information content (AvgIpc) is 2.65. The molecular weight excluding hydrogens is 334 g/mol. The molecule has 1 aliphatic heterocycles. The summed E-state index contributed by atoms with van der Waals surface area (Å²) in [5.74, 6) is 0.261. The van der Waals surface area contributed by atoms with Gasteiger partial charge in [-0.05, 0) is 24.6 Å². The zero-order chi connectivity index (χ0) is 19.1. The van der Waals surface area contributed by atoms with Crippen molar-refractivity contribution >= 4 is 23.4 Å². The van der Waals surface area contributed by atoms with Crippen molar-refractivity contribution in [1.82, 2.24) is 9.80 Å². The maximum atomic E-state index is 12.9. The Morgan fingerprint density at radius 2 is 1.77 bits per heavy atom. The molecule has 1 aromatic carbocycles. The van der Waals surface area contributed by atoms with E-state index in [-0.39, 0.29) is 17.7 Å². The molecule has 0 unspecified atom stereocenters. The van der Waals surface area contributed by atoms with Crippen LogP contribution in [-0.2, 0) is 9.59 Å². The number of rotatable bonds is 6. The van der Waals surface area contributed by atoms with Gasteiger partial charge in [-0.25, -0.2) is 0 Å². The van der Waals surface area contributed by atoms with Crippen LogP contribution in [0.1, 0.15) is 43.5 Å². The fraction of sp³-hybridized carbons (Fsp3) is 0.526. The van der Waals surface area contributed by atoms with Crippen LogP contribution >= 0.6 is 0 Å². The zero-order valence-corrected chi connectivity index (χ0v) is 15.7. The lowest BCUT2D eigenvalue weighted by Gasteiger charge is -2.35. The van der Waals surface area contributed by atoms with E-state index in [9.17, 15) is 14.4 Å². The summed E-state index contributed by atoms with van der Waals surface area (Å²) in [4.78, 5) is 39.8. The molecule has 1 heterocycles. The molecule has 3 amide bonds. The predicted molar refractivity (Wildman–Crippen MR) is 99.3 cm³/mol. The van der Waals surface area contributed by atoms with Gasteiger partial charge in [-0.2, -0.15) is 0 Å². The van der Waals surface area contributed by atoms with E-state index < -0.39 is 0 Å². The summed E-state index contributed by atoms with van der Waals surface area (Å²) in [5, 5.41) is 2.68. The number of nitrogens with zero attached hydrogens (tertiary/aromatic N) is 2. The number of nitrogens with one attached hydrogen (secondary N) is 1. The zero-order valence-electron chi connectivity index (χ0n) is 15.7. The third-order valence-corrected chi connectivity index (χ3v) is 4.41.